The molecule has 12 heteroatoms. The van der Waals surface area contributed by atoms with Gasteiger partial charge in [0.1, 0.15) is 5.78 Å². The number of aliphatic hydroxyl groups is 1. The Morgan fingerprint density at radius 2 is 1.42 bits per heavy atom. The molecule has 3 amide bonds. The van der Waals surface area contributed by atoms with Crippen LogP contribution in [-0.2, 0) is 30.4 Å². The number of amides is 3. The standard InChI is InChI=1S/C38H60F3N3O6/c1-6-7-8-9-10-11-15-18-29(45)24-30(26(4)5)37(50)44-32(22-27-16-13-12-14-17-27)33(46)23-28(21-25(2)3)36(49)43-31(19-20-34(42)47)35(48)38(39,40)41/h12-14,16-17,25-26,28,30-32,35,48H,6-11,15,18-24H2,1-5H3,(H2,42,47)(H,43,49)(H,44,50)/t28-,30+,31?,32+,35?/m1/s1. The number of nitrogens with one attached hydrogen (secondary N) is 2. The summed E-state index contributed by atoms with van der Waals surface area (Å²) in [5, 5.41) is 15.0. The van der Waals surface area contributed by atoms with Gasteiger partial charge in [-0.15, -0.1) is 0 Å². The van der Waals surface area contributed by atoms with Crippen LogP contribution >= 0.6 is 0 Å². The summed E-state index contributed by atoms with van der Waals surface area (Å²) in [5.41, 5.74) is 5.85. The minimum absolute atomic E-state index is 0.0149. The molecule has 0 spiro atoms. The number of carbonyl (C=O) groups excluding carboxylic acids is 5. The lowest BCUT2D eigenvalue weighted by molar-refractivity contribution is -0.213. The highest BCUT2D eigenvalue weighted by Gasteiger charge is 2.44. The van der Waals surface area contributed by atoms with Gasteiger partial charge in [0.2, 0.25) is 17.7 Å². The zero-order valence-electron chi connectivity index (χ0n) is 30.5. The van der Waals surface area contributed by atoms with Crippen LogP contribution in [0.4, 0.5) is 13.2 Å². The summed E-state index contributed by atoms with van der Waals surface area (Å²) < 4.78 is 40.3. The van der Waals surface area contributed by atoms with Crippen molar-refractivity contribution in [1.29, 1.82) is 0 Å². The number of aliphatic hydroxyl groups excluding tert-OH is 1. The number of ketones is 2. The Labute approximate surface area is 296 Å². The van der Waals surface area contributed by atoms with Gasteiger partial charge in [-0.25, -0.2) is 0 Å². The van der Waals surface area contributed by atoms with E-state index in [1.54, 1.807) is 44.2 Å². The van der Waals surface area contributed by atoms with Crippen LogP contribution < -0.4 is 16.4 Å². The second-order valence-corrected chi connectivity index (χ2v) is 14.3. The first-order valence-corrected chi connectivity index (χ1v) is 18.2. The number of halogens is 3. The predicted molar refractivity (Wildman–Crippen MR) is 188 cm³/mol. The van der Waals surface area contributed by atoms with Gasteiger partial charge in [0, 0.05) is 37.5 Å². The molecule has 0 aromatic heterocycles. The van der Waals surface area contributed by atoms with Crippen molar-refractivity contribution in [2.24, 2.45) is 29.4 Å². The molecule has 9 nitrogen and oxygen atoms in total. The molecule has 50 heavy (non-hydrogen) atoms. The summed E-state index contributed by atoms with van der Waals surface area (Å²) in [7, 11) is 0. The number of unbranched alkanes of at least 4 members (excludes halogenated alkanes) is 6. The topological polar surface area (TPSA) is 156 Å². The third-order valence-corrected chi connectivity index (χ3v) is 8.96. The molecule has 5 atom stereocenters. The van der Waals surface area contributed by atoms with Gasteiger partial charge in [0.15, 0.2) is 11.9 Å². The van der Waals surface area contributed by atoms with E-state index in [1.165, 1.54) is 19.3 Å². The zero-order chi connectivity index (χ0) is 37.9. The third-order valence-electron chi connectivity index (χ3n) is 8.96. The molecule has 0 saturated carbocycles. The lowest BCUT2D eigenvalue weighted by Crippen LogP contribution is -2.52. The quantitative estimate of drug-likeness (QED) is 0.0818. The molecule has 0 aliphatic heterocycles. The van der Waals surface area contributed by atoms with Crippen molar-refractivity contribution in [1.82, 2.24) is 10.6 Å². The molecule has 284 valence electrons. The lowest BCUT2D eigenvalue weighted by Gasteiger charge is -2.29. The summed E-state index contributed by atoms with van der Waals surface area (Å²) in [4.78, 5) is 65.2. The predicted octanol–water partition coefficient (Wildman–Crippen LogP) is 6.38. The average molecular weight is 712 g/mol. The minimum atomic E-state index is -5.08. The van der Waals surface area contributed by atoms with Gasteiger partial charge in [-0.05, 0) is 43.1 Å². The van der Waals surface area contributed by atoms with Crippen LogP contribution in [0.15, 0.2) is 30.3 Å². The molecule has 2 unspecified atom stereocenters. The van der Waals surface area contributed by atoms with Gasteiger partial charge in [-0.2, -0.15) is 13.2 Å². The number of alkyl halides is 3. The average Bonchev–Trinajstić information content (AvgIpc) is 3.03. The number of hydrogen-bond acceptors (Lipinski definition) is 6. The van der Waals surface area contributed by atoms with Crippen molar-refractivity contribution in [3.05, 3.63) is 35.9 Å². The molecule has 1 aromatic rings. The maximum absolute atomic E-state index is 13.9. The maximum atomic E-state index is 13.9. The molecular weight excluding hydrogens is 651 g/mol. The number of nitrogens with two attached hydrogens (primary N) is 1. The van der Waals surface area contributed by atoms with E-state index in [0.717, 1.165) is 31.2 Å². The van der Waals surface area contributed by atoms with Crippen LogP contribution in [0.1, 0.15) is 124 Å². The Balaban J connectivity index is 3.16. The molecule has 0 aliphatic rings. The molecule has 1 aromatic carbocycles. The molecule has 0 radical (unpaired) electrons. The Hall–Kier alpha value is -3.28. The van der Waals surface area contributed by atoms with E-state index in [9.17, 15) is 42.3 Å². The largest absolute Gasteiger partial charge is 0.416 e. The molecule has 0 aliphatic carbocycles. The fourth-order valence-electron chi connectivity index (χ4n) is 6.00. The Bertz CT molecular complexity index is 1190. The van der Waals surface area contributed by atoms with Crippen LogP contribution in [0.2, 0.25) is 0 Å². The summed E-state index contributed by atoms with van der Waals surface area (Å²) in [6, 6.07) is 6.02. The van der Waals surface area contributed by atoms with Crippen molar-refractivity contribution in [3.8, 4) is 0 Å². The van der Waals surface area contributed by atoms with E-state index in [0.29, 0.717) is 6.42 Å². The van der Waals surface area contributed by atoms with E-state index in [1.807, 2.05) is 13.8 Å². The van der Waals surface area contributed by atoms with Crippen molar-refractivity contribution < 1.29 is 42.3 Å². The van der Waals surface area contributed by atoms with Gasteiger partial charge in [-0.3, -0.25) is 24.0 Å². The van der Waals surface area contributed by atoms with Gasteiger partial charge in [0.05, 0.1) is 12.1 Å². The highest BCUT2D eigenvalue weighted by atomic mass is 19.4. The van der Waals surface area contributed by atoms with Crippen molar-refractivity contribution in [2.75, 3.05) is 0 Å². The van der Waals surface area contributed by atoms with Crippen molar-refractivity contribution in [2.45, 2.75) is 149 Å². The maximum Gasteiger partial charge on any atom is 0.416 e. The Morgan fingerprint density at radius 1 is 0.820 bits per heavy atom. The summed E-state index contributed by atoms with van der Waals surface area (Å²) in [5.74, 6) is -4.84. The van der Waals surface area contributed by atoms with Crippen LogP contribution in [0, 0.1) is 23.7 Å². The molecule has 0 fully saturated rings. The molecule has 5 N–H and O–H groups in total. The van der Waals surface area contributed by atoms with E-state index in [4.69, 9.17) is 5.73 Å². The first-order valence-electron chi connectivity index (χ1n) is 18.2. The number of benzene rings is 1. The van der Waals surface area contributed by atoms with Gasteiger partial charge >= 0.3 is 6.18 Å². The van der Waals surface area contributed by atoms with E-state index < -0.39 is 79.0 Å². The highest BCUT2D eigenvalue weighted by Crippen LogP contribution is 2.26. The number of carbonyl (C=O) groups is 5. The molecule has 0 heterocycles. The first kappa shape index (κ1) is 44.7. The number of rotatable bonds is 26. The van der Waals surface area contributed by atoms with Crippen LogP contribution in [0.25, 0.3) is 0 Å². The van der Waals surface area contributed by atoms with E-state index in [-0.39, 0.29) is 36.9 Å². The molecule has 0 bridgehead atoms. The summed E-state index contributed by atoms with van der Waals surface area (Å²) in [6.07, 6.45) is -1.34. The van der Waals surface area contributed by atoms with Gasteiger partial charge in [-0.1, -0.05) is 103 Å². The Kier molecular flexibility index (Phi) is 20.8. The second kappa shape index (κ2) is 23.2. The minimum Gasteiger partial charge on any atom is -0.382 e. The summed E-state index contributed by atoms with van der Waals surface area (Å²) >= 11 is 0. The van der Waals surface area contributed by atoms with Crippen LogP contribution in [0.3, 0.4) is 0 Å². The van der Waals surface area contributed by atoms with Crippen LogP contribution in [-0.4, -0.2) is 58.8 Å². The SMILES string of the molecule is CCCCCCCCCC(=O)C[C@H](C(=O)N[C@@H](Cc1ccccc1)C(=O)C[C@@H](CC(C)C)C(=O)NC(CCC(N)=O)C(O)C(F)(F)F)C(C)C. The van der Waals surface area contributed by atoms with Crippen LogP contribution in [0.5, 0.6) is 0 Å². The zero-order valence-corrected chi connectivity index (χ0v) is 30.5. The van der Waals surface area contributed by atoms with Crippen molar-refractivity contribution >= 4 is 29.3 Å². The normalized spacial score (nSPS) is 14.9. The lowest BCUT2D eigenvalue weighted by atomic mass is 9.86. The first-order chi connectivity index (χ1) is 23.5. The van der Waals surface area contributed by atoms with E-state index >= 15 is 0 Å². The second-order valence-electron chi connectivity index (χ2n) is 14.3. The van der Waals surface area contributed by atoms with E-state index in [2.05, 4.69) is 17.6 Å². The smallest absolute Gasteiger partial charge is 0.382 e. The van der Waals surface area contributed by atoms with Gasteiger partial charge in [0.25, 0.3) is 0 Å². The molecular formula is C38H60F3N3O6. The number of Topliss-reactive ketones (excluding diaryl/α,β-unsaturated/α-hetero) is 2. The number of hydrogen-bond donors (Lipinski definition) is 4. The highest BCUT2D eigenvalue weighted by molar-refractivity contribution is 5.94. The summed E-state index contributed by atoms with van der Waals surface area (Å²) in [6.45, 7) is 9.42. The fraction of sp³-hybridized carbons (Fsp3) is 0.711. The van der Waals surface area contributed by atoms with Gasteiger partial charge < -0.3 is 21.5 Å². The number of primary amides is 1. The fourth-order valence-corrected chi connectivity index (χ4v) is 6.00. The third kappa shape index (κ3) is 18.1. The van der Waals surface area contributed by atoms with Crippen molar-refractivity contribution in [3.63, 3.8) is 0 Å². The molecule has 1 rings (SSSR count). The monoisotopic (exact) mass is 711 g/mol. The molecule has 0 saturated heterocycles. The Morgan fingerprint density at radius 3 is 1.96 bits per heavy atom.